The molecule has 0 aliphatic rings. The molecule has 0 atom stereocenters. The molecular formula is C53H31N3O2. The van der Waals surface area contributed by atoms with Gasteiger partial charge in [0.15, 0.2) is 17.5 Å². The van der Waals surface area contributed by atoms with Crippen LogP contribution in [0.1, 0.15) is 0 Å². The molecule has 0 N–H and O–H groups in total. The summed E-state index contributed by atoms with van der Waals surface area (Å²) in [6.45, 7) is 0. The topological polar surface area (TPSA) is 65.0 Å². The van der Waals surface area contributed by atoms with E-state index >= 15 is 0 Å². The Bertz CT molecular complexity index is 3570. The summed E-state index contributed by atoms with van der Waals surface area (Å²) in [6, 6.07) is 65.1. The highest BCUT2D eigenvalue weighted by Gasteiger charge is 2.22. The predicted octanol–water partition coefficient (Wildman–Crippen LogP) is 14.3. The van der Waals surface area contributed by atoms with Crippen molar-refractivity contribution in [3.8, 4) is 56.4 Å². The molecule has 0 radical (unpaired) electrons. The Morgan fingerprint density at radius 2 is 0.914 bits per heavy atom. The molecule has 270 valence electrons. The molecule has 0 aliphatic heterocycles. The maximum atomic E-state index is 6.66. The molecule has 0 saturated carbocycles. The molecule has 0 spiro atoms. The Kier molecular flexibility index (Phi) is 7.16. The van der Waals surface area contributed by atoms with Crippen molar-refractivity contribution in [2.75, 3.05) is 0 Å². The predicted molar refractivity (Wildman–Crippen MR) is 237 cm³/mol. The third kappa shape index (κ3) is 5.14. The Hall–Kier alpha value is -7.89. The number of rotatable bonds is 5. The van der Waals surface area contributed by atoms with Crippen LogP contribution in [0.25, 0.3) is 122 Å². The molecule has 5 nitrogen and oxygen atoms in total. The number of fused-ring (bicyclic) bond motifs is 9. The molecule has 3 heterocycles. The van der Waals surface area contributed by atoms with Gasteiger partial charge in [0.05, 0.1) is 0 Å². The summed E-state index contributed by atoms with van der Waals surface area (Å²) in [7, 11) is 0. The van der Waals surface area contributed by atoms with E-state index in [0.717, 1.165) is 93.6 Å². The monoisotopic (exact) mass is 741 g/mol. The highest BCUT2D eigenvalue weighted by atomic mass is 16.3. The molecule has 12 rings (SSSR count). The van der Waals surface area contributed by atoms with Gasteiger partial charge in [0.1, 0.15) is 22.3 Å². The normalized spacial score (nSPS) is 11.8. The lowest BCUT2D eigenvalue weighted by molar-refractivity contribution is 0.669. The minimum absolute atomic E-state index is 0.561. The van der Waals surface area contributed by atoms with Gasteiger partial charge in [0.25, 0.3) is 0 Å². The zero-order chi connectivity index (χ0) is 38.2. The Balaban J connectivity index is 1.09. The minimum atomic E-state index is 0.561. The summed E-state index contributed by atoms with van der Waals surface area (Å²) in [5, 5.41) is 8.68. The van der Waals surface area contributed by atoms with Crippen molar-refractivity contribution in [3.63, 3.8) is 0 Å². The fourth-order valence-corrected chi connectivity index (χ4v) is 8.58. The molecule has 0 amide bonds. The standard InChI is InChI=1S/C53H31N3O2/c1-2-13-34(14-3-1)38-19-10-20-42-49-43(21-11-23-46(49)58-50(38)42)52-54-51(35-27-24-33(25-28-35)37-29-26-32-12-4-5-15-36(32)30-37)55-53(56-52)44-31-47-48(40-17-7-6-16-39(40)44)41-18-8-9-22-45(41)57-47/h1-31H. The molecule has 5 heteroatoms. The number of nitrogens with zero attached hydrogens (tertiary/aromatic N) is 3. The molecule has 0 aliphatic carbocycles. The maximum absolute atomic E-state index is 6.66. The van der Waals surface area contributed by atoms with E-state index in [9.17, 15) is 0 Å². The lowest BCUT2D eigenvalue weighted by Crippen LogP contribution is -2.01. The van der Waals surface area contributed by atoms with E-state index in [1.165, 1.54) is 10.8 Å². The van der Waals surface area contributed by atoms with Crippen LogP contribution in [0.4, 0.5) is 0 Å². The van der Waals surface area contributed by atoms with Crippen molar-refractivity contribution in [3.05, 3.63) is 188 Å². The first-order chi connectivity index (χ1) is 28.7. The molecular weight excluding hydrogens is 711 g/mol. The largest absolute Gasteiger partial charge is 0.456 e. The van der Waals surface area contributed by atoms with Crippen LogP contribution in [-0.4, -0.2) is 15.0 Å². The van der Waals surface area contributed by atoms with Gasteiger partial charge in [-0.05, 0) is 62.5 Å². The second kappa shape index (κ2) is 12.8. The Morgan fingerprint density at radius 1 is 0.293 bits per heavy atom. The van der Waals surface area contributed by atoms with Crippen LogP contribution >= 0.6 is 0 Å². The minimum Gasteiger partial charge on any atom is -0.456 e. The molecule has 0 bridgehead atoms. The molecule has 9 aromatic carbocycles. The van der Waals surface area contributed by atoms with E-state index in [4.69, 9.17) is 23.8 Å². The quantitative estimate of drug-likeness (QED) is 0.176. The van der Waals surface area contributed by atoms with Crippen molar-refractivity contribution >= 4 is 65.4 Å². The third-order valence-electron chi connectivity index (χ3n) is 11.3. The number of benzene rings is 9. The maximum Gasteiger partial charge on any atom is 0.164 e. The molecule has 0 saturated heterocycles. The Labute approximate surface area is 332 Å². The van der Waals surface area contributed by atoms with Gasteiger partial charge in [-0.1, -0.05) is 164 Å². The van der Waals surface area contributed by atoms with Crippen LogP contribution in [0.2, 0.25) is 0 Å². The van der Waals surface area contributed by atoms with Crippen molar-refractivity contribution in [1.29, 1.82) is 0 Å². The van der Waals surface area contributed by atoms with Gasteiger partial charge in [-0.15, -0.1) is 0 Å². The smallest absolute Gasteiger partial charge is 0.164 e. The van der Waals surface area contributed by atoms with Gasteiger partial charge >= 0.3 is 0 Å². The van der Waals surface area contributed by atoms with E-state index in [1.54, 1.807) is 0 Å². The van der Waals surface area contributed by atoms with Crippen LogP contribution in [0, 0.1) is 0 Å². The summed E-state index contributed by atoms with van der Waals surface area (Å²) in [5.41, 5.74) is 10.3. The van der Waals surface area contributed by atoms with Gasteiger partial charge in [0, 0.05) is 43.8 Å². The number of furan rings is 2. The first kappa shape index (κ1) is 32.4. The zero-order valence-electron chi connectivity index (χ0n) is 31.1. The summed E-state index contributed by atoms with van der Waals surface area (Å²) >= 11 is 0. The number of hydrogen-bond donors (Lipinski definition) is 0. The van der Waals surface area contributed by atoms with Crippen LogP contribution in [0.3, 0.4) is 0 Å². The van der Waals surface area contributed by atoms with Crippen molar-refractivity contribution in [2.45, 2.75) is 0 Å². The lowest BCUT2D eigenvalue weighted by atomic mass is 9.98. The molecule has 3 aromatic heterocycles. The van der Waals surface area contributed by atoms with Gasteiger partial charge in [-0.3, -0.25) is 0 Å². The second-order valence-corrected chi connectivity index (χ2v) is 14.7. The molecule has 12 aromatic rings. The van der Waals surface area contributed by atoms with E-state index in [2.05, 4.69) is 158 Å². The summed E-state index contributed by atoms with van der Waals surface area (Å²) in [6.07, 6.45) is 0. The number of para-hydroxylation sites is 2. The molecule has 0 fully saturated rings. The number of hydrogen-bond acceptors (Lipinski definition) is 5. The van der Waals surface area contributed by atoms with E-state index in [-0.39, 0.29) is 0 Å². The second-order valence-electron chi connectivity index (χ2n) is 14.7. The average Bonchev–Trinajstić information content (AvgIpc) is 3.88. The lowest BCUT2D eigenvalue weighted by Gasteiger charge is -2.12. The van der Waals surface area contributed by atoms with E-state index < -0.39 is 0 Å². The fraction of sp³-hybridized carbons (Fsp3) is 0. The van der Waals surface area contributed by atoms with Gasteiger partial charge in [-0.25, -0.2) is 15.0 Å². The average molecular weight is 742 g/mol. The first-order valence-electron chi connectivity index (χ1n) is 19.4. The van der Waals surface area contributed by atoms with Crippen LogP contribution in [0.15, 0.2) is 197 Å². The van der Waals surface area contributed by atoms with Gasteiger partial charge in [0.2, 0.25) is 0 Å². The fourth-order valence-electron chi connectivity index (χ4n) is 8.58. The molecule has 58 heavy (non-hydrogen) atoms. The SMILES string of the molecule is c1ccc(-c2cccc3c2oc2cccc(-c4nc(-c5ccc(-c6ccc7ccccc7c6)cc5)nc(-c5cc6oc7ccccc7c6c6ccccc56)n4)c23)cc1. The van der Waals surface area contributed by atoms with E-state index in [1.807, 2.05) is 30.3 Å². The van der Waals surface area contributed by atoms with Crippen molar-refractivity contribution in [2.24, 2.45) is 0 Å². The Morgan fingerprint density at radius 3 is 1.78 bits per heavy atom. The highest BCUT2D eigenvalue weighted by molar-refractivity contribution is 6.22. The summed E-state index contributed by atoms with van der Waals surface area (Å²) in [5.74, 6) is 1.70. The van der Waals surface area contributed by atoms with Crippen LogP contribution < -0.4 is 0 Å². The van der Waals surface area contributed by atoms with E-state index in [0.29, 0.717) is 17.5 Å². The summed E-state index contributed by atoms with van der Waals surface area (Å²) in [4.78, 5) is 15.8. The van der Waals surface area contributed by atoms with Crippen molar-refractivity contribution in [1.82, 2.24) is 15.0 Å². The highest BCUT2D eigenvalue weighted by Crippen LogP contribution is 2.42. The third-order valence-corrected chi connectivity index (χ3v) is 11.3. The summed E-state index contributed by atoms with van der Waals surface area (Å²) < 4.78 is 13.2. The first-order valence-corrected chi connectivity index (χ1v) is 19.4. The van der Waals surface area contributed by atoms with Crippen molar-refractivity contribution < 1.29 is 8.83 Å². The number of aromatic nitrogens is 3. The van der Waals surface area contributed by atoms with Crippen LogP contribution in [0.5, 0.6) is 0 Å². The van der Waals surface area contributed by atoms with Gasteiger partial charge < -0.3 is 8.83 Å². The molecule has 0 unspecified atom stereocenters. The van der Waals surface area contributed by atoms with Gasteiger partial charge in [-0.2, -0.15) is 0 Å². The zero-order valence-corrected chi connectivity index (χ0v) is 31.1. The van der Waals surface area contributed by atoms with Crippen LogP contribution in [-0.2, 0) is 0 Å².